The van der Waals surface area contributed by atoms with Crippen LogP contribution >= 0.6 is 0 Å². The van der Waals surface area contributed by atoms with E-state index in [0.29, 0.717) is 5.88 Å². The van der Waals surface area contributed by atoms with Gasteiger partial charge in [-0.1, -0.05) is 35.9 Å². The molecule has 1 aromatic heterocycles. The predicted octanol–water partition coefficient (Wildman–Crippen LogP) is 4.05. The number of hydrogen-bond donors (Lipinski definition) is 2. The van der Waals surface area contributed by atoms with Crippen molar-refractivity contribution in [2.24, 2.45) is 5.73 Å². The van der Waals surface area contributed by atoms with Gasteiger partial charge in [0.05, 0.1) is 17.2 Å². The first kappa shape index (κ1) is 16.9. The van der Waals surface area contributed by atoms with Gasteiger partial charge in [0, 0.05) is 5.56 Å². The zero-order valence-corrected chi connectivity index (χ0v) is 14.9. The van der Waals surface area contributed by atoms with Gasteiger partial charge in [0.2, 0.25) is 11.8 Å². The van der Waals surface area contributed by atoms with Crippen molar-refractivity contribution in [3.63, 3.8) is 0 Å². The Hall–Kier alpha value is -3.59. The number of H-pyrrole nitrogens is 1. The van der Waals surface area contributed by atoms with Crippen LogP contribution in [0.15, 0.2) is 53.9 Å². The first-order valence-electron chi connectivity index (χ1n) is 8.48. The summed E-state index contributed by atoms with van der Waals surface area (Å²) in [4.78, 5) is 0. The first-order chi connectivity index (χ1) is 13.0. The van der Waals surface area contributed by atoms with Crippen molar-refractivity contribution in [3.8, 4) is 23.2 Å². The third-order valence-corrected chi connectivity index (χ3v) is 4.79. The van der Waals surface area contributed by atoms with Crippen LogP contribution in [0.4, 0.5) is 4.39 Å². The standard InChI is InChI=1S/C21H17FN4O/c1-11-3-8-15(12(2)9-11)19-18-17(13-4-6-14(22)7-5-13)16(10-23)20(24)27-21(18)26-25-19/h3-9,17H,24H2,1-2H3,(H,25,26). The lowest BCUT2D eigenvalue weighted by atomic mass is 9.82. The lowest BCUT2D eigenvalue weighted by Gasteiger charge is -2.24. The van der Waals surface area contributed by atoms with Crippen molar-refractivity contribution in [3.05, 3.63) is 82.0 Å². The van der Waals surface area contributed by atoms with E-state index in [2.05, 4.69) is 22.3 Å². The van der Waals surface area contributed by atoms with E-state index in [9.17, 15) is 9.65 Å². The third kappa shape index (κ3) is 2.74. The van der Waals surface area contributed by atoms with Crippen LogP contribution in [0.3, 0.4) is 0 Å². The summed E-state index contributed by atoms with van der Waals surface area (Å²) in [5.74, 6) is -0.495. The topological polar surface area (TPSA) is 87.7 Å². The molecular weight excluding hydrogens is 343 g/mol. The molecule has 1 aliphatic rings. The number of hydrogen-bond acceptors (Lipinski definition) is 4. The minimum Gasteiger partial charge on any atom is -0.420 e. The molecule has 27 heavy (non-hydrogen) atoms. The fraction of sp³-hybridized carbons (Fsp3) is 0.143. The zero-order chi connectivity index (χ0) is 19.1. The van der Waals surface area contributed by atoms with Gasteiger partial charge in [0.1, 0.15) is 17.5 Å². The van der Waals surface area contributed by atoms with Gasteiger partial charge in [-0.15, -0.1) is 5.10 Å². The zero-order valence-electron chi connectivity index (χ0n) is 14.9. The van der Waals surface area contributed by atoms with Crippen molar-refractivity contribution >= 4 is 0 Å². The number of benzene rings is 2. The molecule has 1 aliphatic heterocycles. The average Bonchev–Trinajstić information content (AvgIpc) is 3.04. The summed E-state index contributed by atoms with van der Waals surface area (Å²) in [7, 11) is 0. The molecule has 0 spiro atoms. The van der Waals surface area contributed by atoms with Crippen LogP contribution < -0.4 is 10.5 Å². The molecule has 134 valence electrons. The number of aromatic amines is 1. The first-order valence-corrected chi connectivity index (χ1v) is 8.48. The molecule has 0 saturated carbocycles. The van der Waals surface area contributed by atoms with Crippen LogP contribution in [-0.4, -0.2) is 10.2 Å². The van der Waals surface area contributed by atoms with E-state index in [1.54, 1.807) is 12.1 Å². The Labute approximate surface area is 155 Å². The normalized spacial score (nSPS) is 15.9. The Kier molecular flexibility index (Phi) is 3.93. The van der Waals surface area contributed by atoms with Crippen LogP contribution in [0.1, 0.15) is 28.2 Å². The summed E-state index contributed by atoms with van der Waals surface area (Å²) in [6, 6.07) is 14.3. The number of fused-ring (bicyclic) bond motifs is 1. The quantitative estimate of drug-likeness (QED) is 0.722. The monoisotopic (exact) mass is 360 g/mol. The molecule has 0 aliphatic carbocycles. The number of halogens is 1. The van der Waals surface area contributed by atoms with Gasteiger partial charge >= 0.3 is 0 Å². The smallest absolute Gasteiger partial charge is 0.244 e. The molecule has 2 aromatic carbocycles. The van der Waals surface area contributed by atoms with Gasteiger partial charge in [0.15, 0.2) is 0 Å². The van der Waals surface area contributed by atoms with E-state index in [0.717, 1.165) is 33.5 Å². The van der Waals surface area contributed by atoms with E-state index in [-0.39, 0.29) is 17.3 Å². The highest BCUT2D eigenvalue weighted by molar-refractivity contribution is 5.73. The predicted molar refractivity (Wildman–Crippen MR) is 99.2 cm³/mol. The molecule has 0 fully saturated rings. The maximum absolute atomic E-state index is 13.4. The Balaban J connectivity index is 1.96. The van der Waals surface area contributed by atoms with Gasteiger partial charge in [-0.3, -0.25) is 5.10 Å². The molecule has 5 nitrogen and oxygen atoms in total. The molecule has 0 amide bonds. The summed E-state index contributed by atoms with van der Waals surface area (Å²) in [6.07, 6.45) is 0. The number of allylic oxidation sites excluding steroid dienone is 1. The number of aromatic nitrogens is 2. The minimum atomic E-state index is -0.492. The van der Waals surface area contributed by atoms with E-state index in [4.69, 9.17) is 10.5 Å². The summed E-state index contributed by atoms with van der Waals surface area (Å²) >= 11 is 0. The molecule has 3 N–H and O–H groups in total. The largest absolute Gasteiger partial charge is 0.420 e. The molecule has 0 radical (unpaired) electrons. The SMILES string of the molecule is Cc1ccc(-c2[nH]nc3c2C(c2ccc(F)cc2)C(C#N)=C(N)O3)c(C)c1. The van der Waals surface area contributed by atoms with Gasteiger partial charge in [-0.25, -0.2) is 4.39 Å². The number of nitrogens with two attached hydrogens (primary N) is 1. The summed E-state index contributed by atoms with van der Waals surface area (Å²) < 4.78 is 19.0. The van der Waals surface area contributed by atoms with Crippen molar-refractivity contribution in [2.45, 2.75) is 19.8 Å². The molecular formula is C21H17FN4O. The van der Waals surface area contributed by atoms with Crippen molar-refractivity contribution in [1.29, 1.82) is 5.26 Å². The lowest BCUT2D eigenvalue weighted by Crippen LogP contribution is -2.21. The van der Waals surface area contributed by atoms with E-state index in [1.165, 1.54) is 12.1 Å². The molecule has 1 atom stereocenters. The highest BCUT2D eigenvalue weighted by atomic mass is 19.1. The number of ether oxygens (including phenoxy) is 1. The highest BCUT2D eigenvalue weighted by Gasteiger charge is 2.35. The fourth-order valence-electron chi connectivity index (χ4n) is 3.53. The lowest BCUT2D eigenvalue weighted by molar-refractivity contribution is 0.379. The van der Waals surface area contributed by atoms with Gasteiger partial charge in [-0.05, 0) is 37.1 Å². The Morgan fingerprint density at radius 1 is 1.19 bits per heavy atom. The molecule has 0 saturated heterocycles. The maximum Gasteiger partial charge on any atom is 0.244 e. The number of nitrogens with zero attached hydrogens (tertiary/aromatic N) is 2. The Morgan fingerprint density at radius 2 is 1.93 bits per heavy atom. The summed E-state index contributed by atoms with van der Waals surface area (Å²) in [5.41, 5.74) is 11.7. The van der Waals surface area contributed by atoms with Gasteiger partial charge in [0.25, 0.3) is 0 Å². The fourth-order valence-corrected chi connectivity index (χ4v) is 3.53. The van der Waals surface area contributed by atoms with Crippen LogP contribution in [0, 0.1) is 31.0 Å². The van der Waals surface area contributed by atoms with E-state index in [1.807, 2.05) is 26.0 Å². The number of rotatable bonds is 2. The Morgan fingerprint density at radius 3 is 2.59 bits per heavy atom. The molecule has 6 heteroatoms. The molecule has 3 aromatic rings. The minimum absolute atomic E-state index is 0.0120. The number of nitrogens with one attached hydrogen (secondary N) is 1. The molecule has 2 heterocycles. The highest BCUT2D eigenvalue weighted by Crippen LogP contribution is 2.46. The van der Waals surface area contributed by atoms with E-state index >= 15 is 0 Å². The summed E-state index contributed by atoms with van der Waals surface area (Å²) in [5, 5.41) is 17.0. The maximum atomic E-state index is 13.4. The van der Waals surface area contributed by atoms with E-state index < -0.39 is 5.92 Å². The van der Waals surface area contributed by atoms with Gasteiger partial charge < -0.3 is 10.5 Å². The van der Waals surface area contributed by atoms with Crippen LogP contribution in [0.25, 0.3) is 11.3 Å². The average molecular weight is 360 g/mol. The third-order valence-electron chi connectivity index (χ3n) is 4.79. The second-order valence-corrected chi connectivity index (χ2v) is 6.61. The van der Waals surface area contributed by atoms with Crippen molar-refractivity contribution < 1.29 is 9.13 Å². The van der Waals surface area contributed by atoms with Crippen molar-refractivity contribution in [1.82, 2.24) is 10.2 Å². The molecule has 1 unspecified atom stereocenters. The second kappa shape index (κ2) is 6.29. The number of nitriles is 1. The van der Waals surface area contributed by atoms with Crippen LogP contribution in [0.5, 0.6) is 5.88 Å². The Bertz CT molecular complexity index is 1110. The number of aryl methyl sites for hydroxylation is 2. The molecule has 4 rings (SSSR count). The van der Waals surface area contributed by atoms with Gasteiger partial charge in [-0.2, -0.15) is 5.26 Å². The second-order valence-electron chi connectivity index (χ2n) is 6.61. The van der Waals surface area contributed by atoms with Crippen molar-refractivity contribution in [2.75, 3.05) is 0 Å². The van der Waals surface area contributed by atoms with Crippen LogP contribution in [0.2, 0.25) is 0 Å². The summed E-state index contributed by atoms with van der Waals surface area (Å²) in [6.45, 7) is 4.04. The van der Waals surface area contributed by atoms with Crippen LogP contribution in [-0.2, 0) is 0 Å². The molecule has 0 bridgehead atoms.